The van der Waals surface area contributed by atoms with Gasteiger partial charge < -0.3 is 4.42 Å². The van der Waals surface area contributed by atoms with Crippen molar-refractivity contribution >= 4 is 15.7 Å². The van der Waals surface area contributed by atoms with Crippen molar-refractivity contribution in [3.05, 3.63) is 66.1 Å². The minimum Gasteiger partial charge on any atom is -0.444 e. The van der Waals surface area contributed by atoms with Crippen LogP contribution in [0.3, 0.4) is 0 Å². The summed E-state index contributed by atoms with van der Waals surface area (Å²) in [5, 5.41) is 0. The van der Waals surface area contributed by atoms with Gasteiger partial charge >= 0.3 is 6.18 Å². The summed E-state index contributed by atoms with van der Waals surface area (Å²) in [6.45, 7) is 1.80. The molecule has 0 atom stereocenters. The lowest BCUT2D eigenvalue weighted by molar-refractivity contribution is -0.137. The van der Waals surface area contributed by atoms with E-state index in [9.17, 15) is 21.6 Å². The van der Waals surface area contributed by atoms with Gasteiger partial charge in [-0.1, -0.05) is 17.7 Å². The van der Waals surface area contributed by atoms with E-state index in [0.29, 0.717) is 11.6 Å². The molecule has 9 heteroatoms. The number of aryl methyl sites for hydroxylation is 1. The zero-order chi connectivity index (χ0) is 18.9. The number of hydrogen-bond acceptors (Lipinski definition) is 4. The lowest BCUT2D eigenvalue weighted by Crippen LogP contribution is -2.15. The zero-order valence-corrected chi connectivity index (χ0v) is 14.2. The van der Waals surface area contributed by atoms with Gasteiger partial charge in [0, 0.05) is 0 Å². The van der Waals surface area contributed by atoms with Crippen molar-refractivity contribution in [2.24, 2.45) is 0 Å². The number of halogens is 3. The van der Waals surface area contributed by atoms with Crippen LogP contribution >= 0.6 is 0 Å². The van der Waals surface area contributed by atoms with Gasteiger partial charge in [0.05, 0.1) is 27.9 Å². The van der Waals surface area contributed by atoms with Crippen molar-refractivity contribution < 1.29 is 26.0 Å². The van der Waals surface area contributed by atoms with E-state index in [1.54, 1.807) is 19.1 Å². The van der Waals surface area contributed by atoms with Crippen molar-refractivity contribution in [3.63, 3.8) is 0 Å². The third-order valence-electron chi connectivity index (χ3n) is 3.55. The van der Waals surface area contributed by atoms with Crippen LogP contribution in [0.2, 0.25) is 0 Å². The Bertz CT molecular complexity index is 1030. The van der Waals surface area contributed by atoms with Crippen LogP contribution in [0.4, 0.5) is 18.9 Å². The van der Waals surface area contributed by atoms with E-state index in [-0.39, 0.29) is 11.6 Å². The normalized spacial score (nSPS) is 12.2. The molecule has 0 radical (unpaired) electrons. The van der Waals surface area contributed by atoms with E-state index in [1.165, 1.54) is 18.5 Å². The van der Waals surface area contributed by atoms with E-state index in [2.05, 4.69) is 9.71 Å². The van der Waals surface area contributed by atoms with Crippen molar-refractivity contribution in [2.45, 2.75) is 18.0 Å². The Hall–Kier alpha value is -2.81. The second-order valence-electron chi connectivity index (χ2n) is 5.52. The number of hydrogen-bond donors (Lipinski definition) is 1. The Balaban J connectivity index is 2.02. The van der Waals surface area contributed by atoms with Crippen molar-refractivity contribution in [2.75, 3.05) is 4.72 Å². The molecule has 1 heterocycles. The summed E-state index contributed by atoms with van der Waals surface area (Å²) in [5.74, 6) is 0.190. The van der Waals surface area contributed by atoms with Crippen LogP contribution in [-0.2, 0) is 16.2 Å². The van der Waals surface area contributed by atoms with Gasteiger partial charge in [-0.2, -0.15) is 13.2 Å². The topological polar surface area (TPSA) is 72.2 Å². The number of rotatable bonds is 4. The molecule has 0 aliphatic rings. The lowest BCUT2D eigenvalue weighted by atomic mass is 10.1. The SMILES string of the molecule is Cc1ccc(NS(=O)(=O)c2cccc(C(F)(F)F)c2)c(-c2ncco2)c1. The second-order valence-corrected chi connectivity index (χ2v) is 7.20. The molecule has 2 aromatic carbocycles. The highest BCUT2D eigenvalue weighted by atomic mass is 32.2. The highest BCUT2D eigenvalue weighted by molar-refractivity contribution is 7.92. The molecule has 3 aromatic rings. The standard InChI is InChI=1S/C17H13F3N2O3S/c1-11-5-6-15(14(9-11)16-21-7-8-25-16)22-26(23,24)13-4-2-3-12(10-13)17(18,19)20/h2-10,22H,1H3. The van der Waals surface area contributed by atoms with Gasteiger partial charge in [0.15, 0.2) is 0 Å². The predicted octanol–water partition coefficient (Wildman–Crippen LogP) is 4.47. The molecule has 26 heavy (non-hydrogen) atoms. The molecule has 5 nitrogen and oxygen atoms in total. The van der Waals surface area contributed by atoms with Gasteiger partial charge in [-0.05, 0) is 37.3 Å². The molecule has 0 unspecified atom stereocenters. The Labute approximate surface area is 147 Å². The van der Waals surface area contributed by atoms with Crippen LogP contribution < -0.4 is 4.72 Å². The molecular weight excluding hydrogens is 369 g/mol. The summed E-state index contributed by atoms with van der Waals surface area (Å²) in [5.41, 5.74) is 0.318. The first-order chi connectivity index (χ1) is 12.2. The van der Waals surface area contributed by atoms with Gasteiger partial charge in [-0.25, -0.2) is 13.4 Å². The van der Waals surface area contributed by atoms with Crippen LogP contribution in [-0.4, -0.2) is 13.4 Å². The van der Waals surface area contributed by atoms with Crippen LogP contribution in [0.5, 0.6) is 0 Å². The third kappa shape index (κ3) is 3.72. The first-order valence-electron chi connectivity index (χ1n) is 7.37. The van der Waals surface area contributed by atoms with Crippen LogP contribution in [0.25, 0.3) is 11.5 Å². The molecule has 0 bridgehead atoms. The van der Waals surface area contributed by atoms with Gasteiger partial charge in [-0.3, -0.25) is 4.72 Å². The molecule has 0 aliphatic heterocycles. The first-order valence-corrected chi connectivity index (χ1v) is 8.86. The van der Waals surface area contributed by atoms with Gasteiger partial charge in [0.2, 0.25) is 5.89 Å². The summed E-state index contributed by atoms with van der Waals surface area (Å²) < 4.78 is 71.1. The Morgan fingerprint density at radius 1 is 1.12 bits per heavy atom. The summed E-state index contributed by atoms with van der Waals surface area (Å²) in [7, 11) is -4.24. The summed E-state index contributed by atoms with van der Waals surface area (Å²) in [6.07, 6.45) is -1.90. The number of benzene rings is 2. The van der Waals surface area contributed by atoms with Crippen LogP contribution in [0, 0.1) is 6.92 Å². The summed E-state index contributed by atoms with van der Waals surface area (Å²) >= 11 is 0. The van der Waals surface area contributed by atoms with Gasteiger partial charge in [0.1, 0.15) is 6.26 Å². The molecule has 0 fully saturated rings. The minimum atomic E-state index is -4.64. The first kappa shape index (κ1) is 18.0. The Morgan fingerprint density at radius 3 is 2.54 bits per heavy atom. The van der Waals surface area contributed by atoms with E-state index >= 15 is 0 Å². The Kier molecular flexibility index (Phi) is 4.49. The van der Waals surface area contributed by atoms with Crippen molar-refractivity contribution in [3.8, 4) is 11.5 Å². The molecule has 0 saturated heterocycles. The van der Waals surface area contributed by atoms with Gasteiger partial charge in [-0.15, -0.1) is 0 Å². The number of oxazole rings is 1. The fraction of sp³-hybridized carbons (Fsp3) is 0.118. The maximum atomic E-state index is 12.8. The molecule has 0 amide bonds. The highest BCUT2D eigenvalue weighted by Gasteiger charge is 2.31. The molecule has 3 rings (SSSR count). The van der Waals surface area contributed by atoms with E-state index in [0.717, 1.165) is 23.8 Å². The number of nitrogens with one attached hydrogen (secondary N) is 1. The smallest absolute Gasteiger partial charge is 0.416 e. The molecular formula is C17H13F3N2O3S. The van der Waals surface area contributed by atoms with E-state index < -0.39 is 26.7 Å². The number of nitrogens with zero attached hydrogens (tertiary/aromatic N) is 1. The largest absolute Gasteiger partial charge is 0.444 e. The molecule has 136 valence electrons. The van der Waals surface area contributed by atoms with E-state index in [4.69, 9.17) is 4.42 Å². The van der Waals surface area contributed by atoms with E-state index in [1.807, 2.05) is 0 Å². The fourth-order valence-corrected chi connectivity index (χ4v) is 3.45. The number of anilines is 1. The van der Waals surface area contributed by atoms with Gasteiger partial charge in [0.25, 0.3) is 10.0 Å². The average molecular weight is 382 g/mol. The number of aromatic nitrogens is 1. The number of alkyl halides is 3. The highest BCUT2D eigenvalue weighted by Crippen LogP contribution is 2.32. The molecule has 0 aliphatic carbocycles. The monoisotopic (exact) mass is 382 g/mol. The van der Waals surface area contributed by atoms with Crippen LogP contribution in [0.1, 0.15) is 11.1 Å². The average Bonchev–Trinajstić information content (AvgIpc) is 3.10. The predicted molar refractivity (Wildman–Crippen MR) is 88.9 cm³/mol. The van der Waals surface area contributed by atoms with Crippen molar-refractivity contribution in [1.29, 1.82) is 0 Å². The third-order valence-corrected chi connectivity index (χ3v) is 4.92. The minimum absolute atomic E-state index is 0.149. The lowest BCUT2D eigenvalue weighted by Gasteiger charge is -2.13. The second kappa shape index (κ2) is 6.49. The molecule has 1 aromatic heterocycles. The van der Waals surface area contributed by atoms with Crippen molar-refractivity contribution in [1.82, 2.24) is 4.98 Å². The zero-order valence-electron chi connectivity index (χ0n) is 13.4. The molecule has 1 N–H and O–H groups in total. The molecule has 0 saturated carbocycles. The quantitative estimate of drug-likeness (QED) is 0.723. The maximum Gasteiger partial charge on any atom is 0.416 e. The number of sulfonamides is 1. The summed E-state index contributed by atoms with van der Waals surface area (Å²) in [4.78, 5) is 3.49. The fourth-order valence-electron chi connectivity index (χ4n) is 2.32. The summed E-state index contributed by atoms with van der Waals surface area (Å²) in [6, 6.07) is 8.36. The maximum absolute atomic E-state index is 12.8. The molecule has 0 spiro atoms. The van der Waals surface area contributed by atoms with Crippen LogP contribution in [0.15, 0.2) is 64.2 Å². The Morgan fingerprint density at radius 2 is 1.88 bits per heavy atom.